The topological polar surface area (TPSA) is 220 Å². The van der Waals surface area contributed by atoms with Crippen LogP contribution in [0.4, 0.5) is 0 Å². The van der Waals surface area contributed by atoms with Crippen LogP contribution in [0.1, 0.15) is 300 Å². The van der Waals surface area contributed by atoms with Crippen LogP contribution in [-0.4, -0.2) is 109 Å². The molecule has 8 aromatic rings. The standard InChI is InChI=1S/C100H130O15/c1-93(2,3)75-41-59-33-60-42-76(94(4,5)6)44-62(86(60)104)35-64-46-78(96(10,11)12)48-66(88(64)106)37-68-50-80(98(16,17)18)52-70(90(68)108)39-72-54-82(100(22,23)24)56-74-40-73-55-81(99(19,20)21)53-71(91(73)114-57-83(101)112-31-29-110-27-25-109-26-28-111-30-32-113-84(102)58-115-92(72)74)38-69-51-79(97(13,14)15)49-67(89(69)107)36-65-47-77(95(7,8)9)45-63(87(65)105)34-61(43-75)85(59)103/h41-56,103-108H,25-40,57-58H2,1-24H3. The molecule has 0 amide bonds. The Morgan fingerprint density at radius 3 is 0.487 bits per heavy atom. The van der Waals surface area contributed by atoms with Gasteiger partial charge in [0.1, 0.15) is 59.2 Å². The quantitative estimate of drug-likeness (QED) is 0.0778. The summed E-state index contributed by atoms with van der Waals surface area (Å²) < 4.78 is 42.8. The van der Waals surface area contributed by atoms with E-state index in [9.17, 15) is 40.2 Å². The molecule has 15 nitrogen and oxygen atoms in total. The van der Waals surface area contributed by atoms with Crippen molar-refractivity contribution in [3.63, 3.8) is 0 Å². The first kappa shape index (κ1) is 88.3. The Hall–Kier alpha value is -9.02. The van der Waals surface area contributed by atoms with E-state index in [2.05, 4.69) is 190 Å². The van der Waals surface area contributed by atoms with Crippen molar-refractivity contribution < 1.29 is 73.4 Å². The van der Waals surface area contributed by atoms with E-state index >= 15 is 0 Å². The summed E-state index contributed by atoms with van der Waals surface area (Å²) in [5.41, 5.74) is 13.7. The van der Waals surface area contributed by atoms with Crippen molar-refractivity contribution >= 4 is 11.9 Å². The van der Waals surface area contributed by atoms with Crippen molar-refractivity contribution in [1.82, 2.24) is 0 Å². The van der Waals surface area contributed by atoms with Gasteiger partial charge in [0.05, 0.1) is 39.6 Å². The molecule has 8 aromatic carbocycles. The molecule has 18 bridgehead atoms. The first-order valence-corrected chi connectivity index (χ1v) is 41.1. The molecular weight excluding hydrogens is 1440 g/mol. The van der Waals surface area contributed by atoms with Gasteiger partial charge in [0.25, 0.3) is 0 Å². The number of esters is 2. The molecule has 2 aliphatic rings. The number of fused-ring (bicyclic) bond motifs is 12. The van der Waals surface area contributed by atoms with Crippen molar-refractivity contribution in [2.24, 2.45) is 0 Å². The van der Waals surface area contributed by atoms with Crippen LogP contribution in [0, 0.1) is 0 Å². The molecule has 1 aliphatic heterocycles. The summed E-state index contributed by atoms with van der Waals surface area (Å²) in [7, 11) is 0. The molecule has 0 spiro atoms. The molecule has 1 aliphatic carbocycles. The molecule has 0 atom stereocenters. The summed E-state index contributed by atoms with van der Waals surface area (Å²) >= 11 is 0. The van der Waals surface area contributed by atoms with Crippen LogP contribution < -0.4 is 9.47 Å². The minimum Gasteiger partial charge on any atom is -0.507 e. The highest BCUT2D eigenvalue weighted by Crippen LogP contribution is 2.48. The average molecular weight is 1570 g/mol. The number of hydrogen-bond acceptors (Lipinski definition) is 15. The Morgan fingerprint density at radius 1 is 0.200 bits per heavy atom. The SMILES string of the molecule is CC(C)(C)c1cc2c(O)c(c1)Cc1cc(C(C)(C)C)cc(c1O)Cc1cc(C(C)(C)C)cc(c1O)Cc1cc(C(C)(C)C)cc3c1OCC(=O)OCCOCCOCCOCCOC(=O)COc1c(cc(C(C)(C)C)cc1C3)Cc1cc(C(C)(C)C)cc(c1O)Cc1cc(C(C)(C)C)cc(c1O)Cc1cc(C(C)(C)C)cc(c1O)C2. The van der Waals surface area contributed by atoms with Gasteiger partial charge in [-0.1, -0.05) is 263 Å². The van der Waals surface area contributed by atoms with E-state index in [1.807, 2.05) is 72.8 Å². The van der Waals surface area contributed by atoms with Gasteiger partial charge in [0, 0.05) is 51.4 Å². The molecule has 0 saturated carbocycles. The van der Waals surface area contributed by atoms with Gasteiger partial charge in [0.15, 0.2) is 13.2 Å². The van der Waals surface area contributed by atoms with E-state index < -0.39 is 68.5 Å². The van der Waals surface area contributed by atoms with Gasteiger partial charge >= 0.3 is 11.9 Å². The highest BCUT2D eigenvalue weighted by molar-refractivity contribution is 5.72. The Labute approximate surface area is 685 Å². The molecule has 0 radical (unpaired) electrons. The maximum atomic E-state index is 14.2. The van der Waals surface area contributed by atoms with Crippen LogP contribution in [-0.2, 0) is 128 Å². The van der Waals surface area contributed by atoms with Crippen molar-refractivity contribution in [3.8, 4) is 46.0 Å². The van der Waals surface area contributed by atoms with E-state index in [4.69, 9.17) is 33.2 Å². The molecular formula is C100H130O15. The number of cyclic esters (lactones) is 2. The molecule has 0 fully saturated rings. The number of phenolic OH excluding ortho intramolecular Hbond substituents is 6. The second-order valence-electron chi connectivity index (χ2n) is 40.4. The minimum absolute atomic E-state index is 0.0193. The number of phenols is 6. The maximum Gasteiger partial charge on any atom is 0.344 e. The monoisotopic (exact) mass is 1570 g/mol. The smallest absolute Gasteiger partial charge is 0.344 e. The van der Waals surface area contributed by atoms with Gasteiger partial charge in [-0.15, -0.1) is 0 Å². The third-order valence-corrected chi connectivity index (χ3v) is 22.5. The summed E-state index contributed by atoms with van der Waals surface area (Å²) in [6.45, 7) is 51.4. The van der Waals surface area contributed by atoms with Crippen molar-refractivity contribution in [2.45, 2.75) is 261 Å². The van der Waals surface area contributed by atoms with E-state index in [0.29, 0.717) is 101 Å². The fourth-order valence-corrected chi connectivity index (χ4v) is 15.0. The Kier molecular flexibility index (Phi) is 26.3. The fourth-order valence-electron chi connectivity index (χ4n) is 15.0. The highest BCUT2D eigenvalue weighted by atomic mass is 16.6. The zero-order valence-electron chi connectivity index (χ0n) is 73.3. The lowest BCUT2D eigenvalue weighted by Crippen LogP contribution is -2.21. The number of aromatic hydroxyl groups is 6. The Morgan fingerprint density at radius 2 is 0.330 bits per heavy atom. The lowest BCUT2D eigenvalue weighted by Gasteiger charge is -2.28. The van der Waals surface area contributed by atoms with E-state index in [-0.39, 0.29) is 139 Å². The predicted molar refractivity (Wildman–Crippen MR) is 459 cm³/mol. The second-order valence-corrected chi connectivity index (χ2v) is 40.4. The van der Waals surface area contributed by atoms with Crippen molar-refractivity contribution in [1.29, 1.82) is 0 Å². The maximum absolute atomic E-state index is 14.2. The lowest BCUT2D eigenvalue weighted by atomic mass is 9.79. The van der Waals surface area contributed by atoms with Gasteiger partial charge < -0.3 is 63.8 Å². The lowest BCUT2D eigenvalue weighted by molar-refractivity contribution is -0.148. The molecule has 1 heterocycles. The van der Waals surface area contributed by atoms with Crippen LogP contribution in [0.5, 0.6) is 46.0 Å². The minimum atomic E-state index is -0.634. The van der Waals surface area contributed by atoms with Gasteiger partial charge in [-0.05, 0) is 177 Å². The molecule has 0 unspecified atom stereocenters. The van der Waals surface area contributed by atoms with Crippen molar-refractivity contribution in [3.05, 3.63) is 231 Å². The summed E-state index contributed by atoms with van der Waals surface area (Å²) in [6.07, 6.45) is 1.01. The van der Waals surface area contributed by atoms with Gasteiger partial charge in [0.2, 0.25) is 0 Å². The zero-order valence-corrected chi connectivity index (χ0v) is 73.3. The number of ether oxygens (including phenoxy) is 7. The van der Waals surface area contributed by atoms with Crippen LogP contribution >= 0.6 is 0 Å². The van der Waals surface area contributed by atoms with E-state index in [1.54, 1.807) is 0 Å². The first-order chi connectivity index (χ1) is 53.3. The molecule has 115 heavy (non-hydrogen) atoms. The van der Waals surface area contributed by atoms with Crippen LogP contribution in [0.2, 0.25) is 0 Å². The van der Waals surface area contributed by atoms with Gasteiger partial charge in [-0.25, -0.2) is 9.59 Å². The molecule has 0 aromatic heterocycles. The Balaban J connectivity index is 1.30. The largest absolute Gasteiger partial charge is 0.507 e. The van der Waals surface area contributed by atoms with Gasteiger partial charge in [-0.3, -0.25) is 0 Å². The number of rotatable bonds is 0. The average Bonchev–Trinajstić information content (AvgIpc) is 0.772. The van der Waals surface area contributed by atoms with Crippen LogP contribution in [0.3, 0.4) is 0 Å². The molecule has 620 valence electrons. The number of carbonyl (C=O) groups is 2. The number of hydrogen-bond donors (Lipinski definition) is 6. The number of carbonyl (C=O) groups excluding carboxylic acids is 2. The van der Waals surface area contributed by atoms with E-state index in [0.717, 1.165) is 44.5 Å². The van der Waals surface area contributed by atoms with Crippen LogP contribution in [0.15, 0.2) is 97.1 Å². The summed E-state index contributed by atoms with van der Waals surface area (Å²) in [5, 5.41) is 78.6. The first-order valence-electron chi connectivity index (χ1n) is 41.1. The zero-order chi connectivity index (χ0) is 84.6. The second kappa shape index (κ2) is 34.3. The third kappa shape index (κ3) is 22.0. The molecule has 15 heteroatoms. The fraction of sp³-hybridized carbons (Fsp3) is 0.500. The summed E-state index contributed by atoms with van der Waals surface area (Å²) in [6, 6.07) is 32.7. The Bertz CT molecular complexity index is 4590. The van der Waals surface area contributed by atoms with Crippen molar-refractivity contribution in [2.75, 3.05) is 66.1 Å². The van der Waals surface area contributed by atoms with E-state index in [1.165, 1.54) is 0 Å². The molecule has 0 saturated heterocycles. The molecule has 10 rings (SSSR count). The van der Waals surface area contributed by atoms with Gasteiger partial charge in [-0.2, -0.15) is 0 Å². The summed E-state index contributed by atoms with van der Waals surface area (Å²) in [4.78, 5) is 28.4. The predicted octanol–water partition coefficient (Wildman–Crippen LogP) is 20.2. The normalized spacial score (nSPS) is 15.8. The summed E-state index contributed by atoms with van der Waals surface area (Å²) in [5.74, 6) is -0.333. The van der Waals surface area contributed by atoms with Crippen LogP contribution in [0.25, 0.3) is 0 Å². The highest BCUT2D eigenvalue weighted by Gasteiger charge is 2.33. The third-order valence-electron chi connectivity index (χ3n) is 22.5. The molecule has 6 N–H and O–H groups in total. The number of benzene rings is 8.